The minimum atomic E-state index is -1.62. The lowest BCUT2D eigenvalue weighted by molar-refractivity contribution is 0.0533. The van der Waals surface area contributed by atoms with E-state index in [9.17, 15) is 4.39 Å². The fraction of sp³-hybridized carbons (Fsp3) is 0.600. The number of piperazine rings is 1. The fourth-order valence-corrected chi connectivity index (χ4v) is 3.54. The zero-order valence-electron chi connectivity index (χ0n) is 12.4. The van der Waals surface area contributed by atoms with Crippen LogP contribution in [-0.4, -0.2) is 58.7 Å². The molecular formula is C15H22BFN2O2. The molecule has 1 aromatic carbocycles. The Kier molecular flexibility index (Phi) is 4.31. The number of fused-ring (bicyclic) bond motifs is 1. The molecule has 0 aliphatic carbocycles. The van der Waals surface area contributed by atoms with Crippen molar-refractivity contribution < 1.29 is 14.4 Å². The van der Waals surface area contributed by atoms with Gasteiger partial charge >= 0.3 is 7.12 Å². The normalized spacial score (nSPS) is 26.9. The molecule has 4 nitrogen and oxygen atoms in total. The van der Waals surface area contributed by atoms with Gasteiger partial charge in [-0.05, 0) is 37.8 Å². The second kappa shape index (κ2) is 6.05. The van der Waals surface area contributed by atoms with Crippen molar-refractivity contribution in [1.29, 1.82) is 0 Å². The first-order valence-corrected chi connectivity index (χ1v) is 7.67. The number of hydrogen-bond donors (Lipinski definition) is 2. The highest BCUT2D eigenvalue weighted by Gasteiger charge is 2.34. The molecule has 0 spiro atoms. The second-order valence-corrected chi connectivity index (χ2v) is 6.29. The molecule has 1 aromatic rings. The van der Waals surface area contributed by atoms with Gasteiger partial charge < -0.3 is 10.0 Å². The zero-order chi connectivity index (χ0) is 15.0. The average molecular weight is 292 g/mol. The highest BCUT2D eigenvalue weighted by atomic mass is 19.1. The van der Waals surface area contributed by atoms with Crippen molar-refractivity contribution in [2.24, 2.45) is 0 Å². The molecule has 3 rings (SSSR count). The lowest BCUT2D eigenvalue weighted by Crippen LogP contribution is -2.54. The number of hydrogen-bond acceptors (Lipinski definition) is 4. The monoisotopic (exact) mass is 292 g/mol. The number of rotatable bonds is 3. The maximum Gasteiger partial charge on any atom is 0.488 e. The first-order chi connectivity index (χ1) is 10.0. The van der Waals surface area contributed by atoms with Crippen LogP contribution < -0.4 is 5.46 Å². The van der Waals surface area contributed by atoms with E-state index < -0.39 is 7.12 Å². The molecule has 2 N–H and O–H groups in total. The van der Waals surface area contributed by atoms with Gasteiger partial charge in [-0.3, -0.25) is 9.80 Å². The van der Waals surface area contributed by atoms with Gasteiger partial charge in [0.05, 0.1) is 0 Å². The van der Waals surface area contributed by atoms with Crippen LogP contribution >= 0.6 is 0 Å². The van der Waals surface area contributed by atoms with Gasteiger partial charge in [-0.1, -0.05) is 12.1 Å². The molecule has 2 aliphatic heterocycles. The standard InChI is InChI=1S/C15H22BFN2O2/c1-11-8-18-6-2-3-14(18)10-19(11)9-12-4-5-13(16(20)21)7-15(12)17/h4-5,7,11,14,20-21H,2-3,6,8-10H2,1H3. The summed E-state index contributed by atoms with van der Waals surface area (Å²) in [5, 5.41) is 18.2. The van der Waals surface area contributed by atoms with Gasteiger partial charge in [-0.15, -0.1) is 0 Å². The summed E-state index contributed by atoms with van der Waals surface area (Å²) in [4.78, 5) is 4.88. The average Bonchev–Trinajstić information content (AvgIpc) is 2.88. The molecule has 0 saturated carbocycles. The maximum absolute atomic E-state index is 14.1. The third-order valence-corrected chi connectivity index (χ3v) is 4.82. The van der Waals surface area contributed by atoms with E-state index in [4.69, 9.17) is 10.0 Å². The summed E-state index contributed by atoms with van der Waals surface area (Å²) in [7, 11) is -1.62. The molecular weight excluding hydrogens is 270 g/mol. The van der Waals surface area contributed by atoms with Crippen LogP contribution in [0.4, 0.5) is 4.39 Å². The highest BCUT2D eigenvalue weighted by Crippen LogP contribution is 2.26. The Bertz CT molecular complexity index is 514. The largest absolute Gasteiger partial charge is 0.488 e. The first-order valence-electron chi connectivity index (χ1n) is 7.67. The predicted octanol–water partition coefficient (Wildman–Crippen LogP) is 0.174. The van der Waals surface area contributed by atoms with E-state index in [2.05, 4.69) is 16.7 Å². The molecule has 2 fully saturated rings. The summed E-state index contributed by atoms with van der Waals surface area (Å²) in [6, 6.07) is 5.50. The Morgan fingerprint density at radius 1 is 1.33 bits per heavy atom. The van der Waals surface area contributed by atoms with Crippen LogP contribution in [0.5, 0.6) is 0 Å². The molecule has 0 bridgehead atoms. The smallest absolute Gasteiger partial charge is 0.423 e. The Morgan fingerprint density at radius 2 is 2.14 bits per heavy atom. The van der Waals surface area contributed by atoms with Crippen LogP contribution in [0.2, 0.25) is 0 Å². The van der Waals surface area contributed by atoms with Crippen LogP contribution in [0.15, 0.2) is 18.2 Å². The fourth-order valence-electron chi connectivity index (χ4n) is 3.54. The lowest BCUT2D eigenvalue weighted by Gasteiger charge is -2.42. The van der Waals surface area contributed by atoms with Crippen molar-refractivity contribution in [2.45, 2.75) is 38.4 Å². The number of benzene rings is 1. The Balaban J connectivity index is 1.71. The van der Waals surface area contributed by atoms with E-state index in [1.165, 1.54) is 25.5 Å². The minimum absolute atomic E-state index is 0.199. The van der Waals surface area contributed by atoms with Crippen LogP contribution in [0.25, 0.3) is 0 Å². The summed E-state index contributed by atoms with van der Waals surface area (Å²) >= 11 is 0. The second-order valence-electron chi connectivity index (χ2n) is 6.29. The molecule has 6 heteroatoms. The summed E-state index contributed by atoms with van der Waals surface area (Å²) in [5.74, 6) is -0.360. The lowest BCUT2D eigenvalue weighted by atomic mass is 9.80. The number of nitrogens with zero attached hydrogens (tertiary/aromatic N) is 2. The Morgan fingerprint density at radius 3 is 2.86 bits per heavy atom. The molecule has 2 heterocycles. The van der Waals surface area contributed by atoms with Crippen LogP contribution in [0.1, 0.15) is 25.3 Å². The topological polar surface area (TPSA) is 46.9 Å². The van der Waals surface area contributed by atoms with Crippen LogP contribution in [-0.2, 0) is 6.54 Å². The van der Waals surface area contributed by atoms with Gasteiger partial charge in [-0.2, -0.15) is 0 Å². The molecule has 0 amide bonds. The van der Waals surface area contributed by atoms with Crippen molar-refractivity contribution in [2.75, 3.05) is 19.6 Å². The number of halogens is 1. The van der Waals surface area contributed by atoms with Crippen LogP contribution in [0, 0.1) is 5.82 Å². The molecule has 0 radical (unpaired) electrons. The van der Waals surface area contributed by atoms with E-state index in [1.807, 2.05) is 0 Å². The molecule has 114 valence electrons. The molecule has 2 saturated heterocycles. The van der Waals surface area contributed by atoms with Crippen LogP contribution in [0.3, 0.4) is 0 Å². The van der Waals surface area contributed by atoms with Crippen molar-refractivity contribution in [3.8, 4) is 0 Å². The van der Waals surface area contributed by atoms with Crippen molar-refractivity contribution >= 4 is 12.6 Å². The van der Waals surface area contributed by atoms with Gasteiger partial charge in [0.2, 0.25) is 0 Å². The van der Waals surface area contributed by atoms with E-state index in [1.54, 1.807) is 12.1 Å². The van der Waals surface area contributed by atoms with Gasteiger partial charge in [0.1, 0.15) is 5.82 Å². The van der Waals surface area contributed by atoms with Gasteiger partial charge in [0.15, 0.2) is 0 Å². The van der Waals surface area contributed by atoms with E-state index in [0.717, 1.165) is 13.1 Å². The Hall–Kier alpha value is -0.945. The van der Waals surface area contributed by atoms with Crippen molar-refractivity contribution in [1.82, 2.24) is 9.80 Å². The molecule has 2 unspecified atom stereocenters. The first kappa shape index (κ1) is 15.0. The molecule has 21 heavy (non-hydrogen) atoms. The summed E-state index contributed by atoms with van der Waals surface area (Å²) in [6.45, 7) is 6.02. The summed E-state index contributed by atoms with van der Waals surface area (Å²) in [6.07, 6.45) is 2.50. The maximum atomic E-state index is 14.1. The third kappa shape index (κ3) is 3.13. The molecule has 2 aliphatic rings. The predicted molar refractivity (Wildman–Crippen MR) is 80.7 cm³/mol. The van der Waals surface area contributed by atoms with Crippen molar-refractivity contribution in [3.63, 3.8) is 0 Å². The van der Waals surface area contributed by atoms with E-state index >= 15 is 0 Å². The van der Waals surface area contributed by atoms with Gasteiger partial charge in [0, 0.05) is 37.3 Å². The van der Waals surface area contributed by atoms with Gasteiger partial charge in [0.25, 0.3) is 0 Å². The third-order valence-electron chi connectivity index (χ3n) is 4.82. The quantitative estimate of drug-likeness (QED) is 0.780. The van der Waals surface area contributed by atoms with Gasteiger partial charge in [-0.25, -0.2) is 4.39 Å². The molecule has 2 atom stereocenters. The van der Waals surface area contributed by atoms with E-state index in [-0.39, 0.29) is 11.3 Å². The molecule has 0 aromatic heterocycles. The zero-order valence-corrected chi connectivity index (χ0v) is 12.4. The summed E-state index contributed by atoms with van der Waals surface area (Å²) in [5.41, 5.74) is 0.822. The SMILES string of the molecule is CC1CN2CCCC2CN1Cc1ccc(B(O)O)cc1F. The highest BCUT2D eigenvalue weighted by molar-refractivity contribution is 6.58. The van der Waals surface area contributed by atoms with Crippen molar-refractivity contribution in [3.05, 3.63) is 29.6 Å². The minimum Gasteiger partial charge on any atom is -0.423 e. The van der Waals surface area contributed by atoms with E-state index in [0.29, 0.717) is 24.2 Å². The summed E-state index contributed by atoms with van der Waals surface area (Å²) < 4.78 is 14.1. The Labute approximate surface area is 125 Å².